The highest BCUT2D eigenvalue weighted by Gasteiger charge is 2.10. The molecule has 0 amide bonds. The highest BCUT2D eigenvalue weighted by molar-refractivity contribution is 7.33. The lowest BCUT2D eigenvalue weighted by molar-refractivity contribution is 0.303. The summed E-state index contributed by atoms with van der Waals surface area (Å²) >= 11 is 5.85. The maximum Gasteiger partial charge on any atom is 0.367 e. The molecule has 0 saturated heterocycles. The third kappa shape index (κ3) is 3.07. The third-order valence-electron chi connectivity index (χ3n) is 2.22. The van der Waals surface area contributed by atoms with E-state index in [0.29, 0.717) is 0 Å². The average Bonchev–Trinajstić information content (AvgIpc) is 2.32. The van der Waals surface area contributed by atoms with Crippen molar-refractivity contribution in [3.8, 4) is 5.75 Å². The monoisotopic (exact) mass is 304 g/mol. The molecule has 2 rings (SSSR count). The molecule has 0 spiro atoms. The number of H-pyrrole nitrogens is 2. The van der Waals surface area contributed by atoms with Crippen LogP contribution in [0.5, 0.6) is 5.75 Å². The molecular weight excluding hydrogens is 295 g/mol. The molecule has 0 aliphatic rings. The smallest absolute Gasteiger partial charge is 0.367 e. The number of hydrogen-bond acceptors (Lipinski definition) is 5. The summed E-state index contributed by atoms with van der Waals surface area (Å²) < 4.78 is 21.3. The van der Waals surface area contributed by atoms with Crippen LogP contribution in [-0.2, 0) is 9.09 Å². The molecule has 1 atom stereocenters. The van der Waals surface area contributed by atoms with Gasteiger partial charge in [0, 0.05) is 11.1 Å². The Kier molecular flexibility index (Phi) is 4.09. The second-order valence-corrected chi connectivity index (χ2v) is 4.95. The number of rotatable bonds is 4. The van der Waals surface area contributed by atoms with Gasteiger partial charge in [-0.2, -0.15) is 0 Å². The molecule has 9 heteroatoms. The fraction of sp³-hybridized carbons (Fsp3) is 0.200. The van der Waals surface area contributed by atoms with E-state index in [0.717, 1.165) is 0 Å². The number of hydrogen-bond donors (Lipinski definition) is 2. The second kappa shape index (κ2) is 5.61. The minimum atomic E-state index is -2.75. The second-order valence-electron chi connectivity index (χ2n) is 3.52. The van der Waals surface area contributed by atoms with Crippen molar-refractivity contribution in [3.05, 3.63) is 37.9 Å². The Morgan fingerprint density at radius 3 is 2.63 bits per heavy atom. The number of aromatic amines is 2. The van der Waals surface area contributed by atoms with Crippen molar-refractivity contribution in [3.63, 3.8) is 0 Å². The zero-order valence-electron chi connectivity index (χ0n) is 9.78. The first-order chi connectivity index (χ1) is 9.01. The van der Waals surface area contributed by atoms with Gasteiger partial charge in [-0.3, -0.25) is 9.59 Å². The molecule has 2 aromatic rings. The zero-order valence-corrected chi connectivity index (χ0v) is 11.5. The van der Waals surface area contributed by atoms with Crippen molar-refractivity contribution in [1.82, 2.24) is 9.97 Å². The van der Waals surface area contributed by atoms with Gasteiger partial charge < -0.3 is 19.0 Å². The molecule has 19 heavy (non-hydrogen) atoms. The summed E-state index contributed by atoms with van der Waals surface area (Å²) in [5.41, 5.74) is -1.17. The number of nitrogens with one attached hydrogen (secondary N) is 2. The Hall–Kier alpha value is -1.56. The van der Waals surface area contributed by atoms with Gasteiger partial charge in [-0.1, -0.05) is 11.6 Å². The van der Waals surface area contributed by atoms with Gasteiger partial charge in [0.05, 0.1) is 12.1 Å². The van der Waals surface area contributed by atoms with Crippen LogP contribution >= 0.6 is 19.9 Å². The summed E-state index contributed by atoms with van der Waals surface area (Å²) in [5, 5.41) is 0.261. The van der Waals surface area contributed by atoms with Gasteiger partial charge in [-0.25, -0.2) is 4.57 Å². The van der Waals surface area contributed by atoms with Gasteiger partial charge in [0.25, 0.3) is 0 Å². The van der Waals surface area contributed by atoms with Gasteiger partial charge in [0.15, 0.2) is 5.75 Å². The standard InChI is InChI=1S/C10H10ClN2O5P/c1-2-17-19(16)18-7-4-5(11)3-6-8(7)13-10(15)9(14)12-6/h3-4,19H,2H2,1H3,(H,12,14)(H,13,15). The normalized spacial score (nSPS) is 12.5. The minimum absolute atomic E-state index is 0.0770. The van der Waals surface area contributed by atoms with Crippen LogP contribution in [0.25, 0.3) is 11.0 Å². The molecule has 0 aliphatic heterocycles. The van der Waals surface area contributed by atoms with Gasteiger partial charge in [-0.15, -0.1) is 0 Å². The van der Waals surface area contributed by atoms with Crippen LogP contribution in [-0.4, -0.2) is 16.6 Å². The van der Waals surface area contributed by atoms with E-state index in [4.69, 9.17) is 20.6 Å². The lowest BCUT2D eigenvalue weighted by Gasteiger charge is -2.08. The van der Waals surface area contributed by atoms with Crippen LogP contribution in [0, 0.1) is 0 Å². The van der Waals surface area contributed by atoms with Gasteiger partial charge in [0.2, 0.25) is 0 Å². The quantitative estimate of drug-likeness (QED) is 0.661. The van der Waals surface area contributed by atoms with Crippen LogP contribution in [0.3, 0.4) is 0 Å². The number of halogens is 1. The van der Waals surface area contributed by atoms with E-state index in [9.17, 15) is 14.2 Å². The summed E-state index contributed by atoms with van der Waals surface area (Å²) in [7, 11) is -2.75. The lowest BCUT2D eigenvalue weighted by atomic mass is 10.3. The average molecular weight is 305 g/mol. The Balaban J connectivity index is 2.59. The van der Waals surface area contributed by atoms with E-state index >= 15 is 0 Å². The Bertz CT molecular complexity index is 754. The van der Waals surface area contributed by atoms with Crippen molar-refractivity contribution in [2.24, 2.45) is 0 Å². The van der Waals surface area contributed by atoms with E-state index in [-0.39, 0.29) is 28.4 Å². The number of aromatic nitrogens is 2. The van der Waals surface area contributed by atoms with Gasteiger partial charge in [0.1, 0.15) is 5.52 Å². The Morgan fingerprint density at radius 1 is 1.26 bits per heavy atom. The summed E-state index contributed by atoms with van der Waals surface area (Å²) in [6.07, 6.45) is 0. The molecule has 7 nitrogen and oxygen atoms in total. The molecule has 0 saturated carbocycles. The number of benzene rings is 1. The van der Waals surface area contributed by atoms with Crippen LogP contribution in [0.2, 0.25) is 5.02 Å². The first kappa shape index (κ1) is 13.9. The highest BCUT2D eigenvalue weighted by Crippen LogP contribution is 2.33. The topological polar surface area (TPSA) is 101 Å². The lowest BCUT2D eigenvalue weighted by Crippen LogP contribution is -2.29. The minimum Gasteiger partial charge on any atom is -0.424 e. The predicted octanol–water partition coefficient (Wildman–Crippen LogP) is 1.67. The first-order valence-corrected chi connectivity index (χ1v) is 6.92. The van der Waals surface area contributed by atoms with Crippen molar-refractivity contribution < 1.29 is 13.6 Å². The third-order valence-corrected chi connectivity index (χ3v) is 3.34. The van der Waals surface area contributed by atoms with E-state index in [1.807, 2.05) is 0 Å². The van der Waals surface area contributed by atoms with Crippen LogP contribution in [0.15, 0.2) is 21.7 Å². The highest BCUT2D eigenvalue weighted by atomic mass is 35.5. The summed E-state index contributed by atoms with van der Waals surface area (Å²) in [6, 6.07) is 2.82. The molecule has 1 aromatic carbocycles. The largest absolute Gasteiger partial charge is 0.424 e. The van der Waals surface area contributed by atoms with Crippen LogP contribution in [0.1, 0.15) is 6.92 Å². The summed E-state index contributed by atoms with van der Waals surface area (Å²) in [6.45, 7) is 1.89. The summed E-state index contributed by atoms with van der Waals surface area (Å²) in [4.78, 5) is 27.2. The Labute approximate surface area is 112 Å². The fourth-order valence-electron chi connectivity index (χ4n) is 1.48. The molecule has 0 radical (unpaired) electrons. The van der Waals surface area contributed by atoms with Crippen molar-refractivity contribution in [2.45, 2.75) is 6.92 Å². The molecule has 2 N–H and O–H groups in total. The van der Waals surface area contributed by atoms with E-state index in [2.05, 4.69) is 9.97 Å². The first-order valence-electron chi connectivity index (χ1n) is 5.31. The van der Waals surface area contributed by atoms with Crippen molar-refractivity contribution >= 4 is 30.9 Å². The molecule has 102 valence electrons. The number of fused-ring (bicyclic) bond motifs is 1. The van der Waals surface area contributed by atoms with E-state index in [1.54, 1.807) is 6.92 Å². The molecule has 0 aliphatic carbocycles. The zero-order chi connectivity index (χ0) is 14.0. The van der Waals surface area contributed by atoms with Gasteiger partial charge >= 0.3 is 19.4 Å². The maximum absolute atomic E-state index is 11.5. The molecule has 0 fully saturated rings. The fourth-order valence-corrected chi connectivity index (χ4v) is 2.32. The van der Waals surface area contributed by atoms with Crippen LogP contribution in [0.4, 0.5) is 0 Å². The molecule has 1 heterocycles. The predicted molar refractivity (Wildman–Crippen MR) is 71.5 cm³/mol. The molecular formula is C10H10ClN2O5P. The van der Waals surface area contributed by atoms with Crippen molar-refractivity contribution in [2.75, 3.05) is 6.61 Å². The molecule has 1 unspecified atom stereocenters. The maximum atomic E-state index is 11.5. The van der Waals surface area contributed by atoms with Crippen molar-refractivity contribution in [1.29, 1.82) is 0 Å². The molecule has 0 bridgehead atoms. The Morgan fingerprint density at radius 2 is 1.95 bits per heavy atom. The van der Waals surface area contributed by atoms with Crippen LogP contribution < -0.4 is 15.6 Å². The van der Waals surface area contributed by atoms with E-state index < -0.39 is 19.4 Å². The SMILES string of the molecule is CCO[PH](=O)Oc1cc(Cl)cc2[nH]c(=O)c(=O)[nH]c12. The van der Waals surface area contributed by atoms with Gasteiger partial charge in [-0.05, 0) is 13.0 Å². The summed E-state index contributed by atoms with van der Waals surface area (Å²) in [5.74, 6) is 0.0770. The molecule has 1 aromatic heterocycles. The van der Waals surface area contributed by atoms with E-state index in [1.165, 1.54) is 12.1 Å².